The summed E-state index contributed by atoms with van der Waals surface area (Å²) in [5.41, 5.74) is 3.11. The lowest BCUT2D eigenvalue weighted by Gasteiger charge is -2.00. The molecule has 11 nitrogen and oxygen atoms in total. The molecule has 154 valence electrons. The van der Waals surface area contributed by atoms with Gasteiger partial charge in [-0.25, -0.2) is 9.78 Å². The van der Waals surface area contributed by atoms with Crippen LogP contribution in [-0.2, 0) is 0 Å². The van der Waals surface area contributed by atoms with Gasteiger partial charge in [0, 0.05) is 35.8 Å². The highest BCUT2D eigenvalue weighted by Crippen LogP contribution is 2.30. The highest BCUT2D eigenvalue weighted by Gasteiger charge is 2.14. The lowest BCUT2D eigenvalue weighted by atomic mass is 10.1. The zero-order valence-electron chi connectivity index (χ0n) is 15.4. The number of hydrogen-bond acceptors (Lipinski definition) is 10. The Bertz CT molecular complexity index is 1390. The zero-order valence-corrected chi connectivity index (χ0v) is 16.2. The summed E-state index contributed by atoms with van der Waals surface area (Å²) in [5.74, 6) is 0. The van der Waals surface area contributed by atoms with E-state index in [2.05, 4.69) is 15.5 Å². The number of anilines is 1. The number of nitrogens with zero attached hydrogens (tertiary/aromatic N) is 4. The normalized spacial score (nSPS) is 11.1. The molecular weight excluding hydrogens is 426 g/mol. The third-order valence-electron chi connectivity index (χ3n) is 4.18. The molecule has 4 rings (SSSR count). The van der Waals surface area contributed by atoms with Crippen molar-refractivity contribution < 1.29 is 14.3 Å². The largest absolute Gasteiger partial charge is 0.422 e. The van der Waals surface area contributed by atoms with E-state index in [1.807, 2.05) is 0 Å². The second kappa shape index (κ2) is 8.12. The Kier molecular flexibility index (Phi) is 5.20. The summed E-state index contributed by atoms with van der Waals surface area (Å²) in [7, 11) is 0. The van der Waals surface area contributed by atoms with Crippen molar-refractivity contribution in [1.29, 1.82) is 0 Å². The fourth-order valence-corrected chi connectivity index (χ4v) is 3.46. The van der Waals surface area contributed by atoms with Crippen molar-refractivity contribution in [2.24, 2.45) is 5.10 Å². The van der Waals surface area contributed by atoms with Crippen molar-refractivity contribution in [1.82, 2.24) is 4.98 Å². The number of benzene rings is 2. The Labute approximate surface area is 176 Å². The van der Waals surface area contributed by atoms with Crippen LogP contribution in [0.2, 0.25) is 0 Å². The number of hydrogen-bond donors (Lipinski definition) is 1. The van der Waals surface area contributed by atoms with Gasteiger partial charge in [-0.2, -0.15) is 5.10 Å². The van der Waals surface area contributed by atoms with Crippen LogP contribution in [0.3, 0.4) is 0 Å². The molecule has 0 spiro atoms. The summed E-state index contributed by atoms with van der Waals surface area (Å²) in [6, 6.07) is 11.3. The molecule has 0 bridgehead atoms. The third-order valence-corrected chi connectivity index (χ3v) is 5.11. The van der Waals surface area contributed by atoms with E-state index < -0.39 is 15.5 Å². The Morgan fingerprint density at radius 3 is 2.45 bits per heavy atom. The van der Waals surface area contributed by atoms with Gasteiger partial charge in [-0.1, -0.05) is 11.3 Å². The first-order valence-corrected chi connectivity index (χ1v) is 9.44. The maximum absolute atomic E-state index is 12.3. The highest BCUT2D eigenvalue weighted by molar-refractivity contribution is 7.18. The van der Waals surface area contributed by atoms with E-state index in [1.54, 1.807) is 12.1 Å². The van der Waals surface area contributed by atoms with Crippen LogP contribution in [0.1, 0.15) is 5.56 Å². The lowest BCUT2D eigenvalue weighted by molar-refractivity contribution is -0.385. The number of nitro groups is 2. The second-order valence-corrected chi connectivity index (χ2v) is 7.21. The molecule has 0 atom stereocenters. The summed E-state index contributed by atoms with van der Waals surface area (Å²) in [4.78, 5) is 37.6. The first-order valence-electron chi connectivity index (χ1n) is 8.63. The van der Waals surface area contributed by atoms with E-state index in [4.69, 9.17) is 4.42 Å². The van der Waals surface area contributed by atoms with E-state index in [9.17, 15) is 25.0 Å². The van der Waals surface area contributed by atoms with Gasteiger partial charge in [-0.05, 0) is 29.8 Å². The summed E-state index contributed by atoms with van der Waals surface area (Å²) < 4.78 is 5.26. The van der Waals surface area contributed by atoms with Crippen molar-refractivity contribution in [3.63, 3.8) is 0 Å². The minimum atomic E-state index is -0.592. The summed E-state index contributed by atoms with van der Waals surface area (Å²) in [5, 5.41) is 26.5. The van der Waals surface area contributed by atoms with E-state index in [1.165, 1.54) is 48.8 Å². The number of hydrazone groups is 1. The van der Waals surface area contributed by atoms with Gasteiger partial charge < -0.3 is 4.42 Å². The van der Waals surface area contributed by atoms with Crippen LogP contribution in [0.25, 0.3) is 21.4 Å². The molecule has 31 heavy (non-hydrogen) atoms. The lowest BCUT2D eigenvalue weighted by Crippen LogP contribution is -2.01. The molecule has 0 aliphatic rings. The van der Waals surface area contributed by atoms with Gasteiger partial charge in [0.25, 0.3) is 11.4 Å². The van der Waals surface area contributed by atoms with Gasteiger partial charge in [-0.3, -0.25) is 25.7 Å². The molecule has 0 aliphatic carbocycles. The fraction of sp³-hybridized carbons (Fsp3) is 0. The predicted molar refractivity (Wildman–Crippen MR) is 115 cm³/mol. The van der Waals surface area contributed by atoms with E-state index in [-0.39, 0.29) is 22.5 Å². The van der Waals surface area contributed by atoms with E-state index in [0.717, 1.165) is 11.3 Å². The van der Waals surface area contributed by atoms with Gasteiger partial charge in [-0.15, -0.1) is 0 Å². The van der Waals surface area contributed by atoms with Crippen LogP contribution < -0.4 is 11.1 Å². The highest BCUT2D eigenvalue weighted by atomic mass is 32.1. The van der Waals surface area contributed by atoms with Gasteiger partial charge in [0.15, 0.2) is 0 Å². The minimum Gasteiger partial charge on any atom is -0.422 e. The van der Waals surface area contributed by atoms with Crippen LogP contribution in [0.4, 0.5) is 16.5 Å². The van der Waals surface area contributed by atoms with Crippen molar-refractivity contribution in [3.8, 4) is 10.4 Å². The van der Waals surface area contributed by atoms with E-state index >= 15 is 0 Å². The van der Waals surface area contributed by atoms with Gasteiger partial charge >= 0.3 is 5.63 Å². The van der Waals surface area contributed by atoms with Crippen LogP contribution >= 0.6 is 11.3 Å². The Morgan fingerprint density at radius 1 is 1.03 bits per heavy atom. The predicted octanol–water partition coefficient (Wildman–Crippen LogP) is 4.18. The van der Waals surface area contributed by atoms with E-state index in [0.29, 0.717) is 21.0 Å². The number of nitro benzene ring substituents is 2. The van der Waals surface area contributed by atoms with Crippen molar-refractivity contribution in [2.75, 3.05) is 5.43 Å². The molecule has 2 aromatic carbocycles. The quantitative estimate of drug-likeness (QED) is 0.204. The number of rotatable bonds is 6. The molecule has 2 aromatic heterocycles. The standard InChI is InChI=1S/C19H11N5O6S/c25-18-15(8-12-7-14(24(28)29)5-6-16(12)30-18)17-10-20-19(31-17)22-21-9-11-1-3-13(4-2-11)23(26)27/h1-10H,(H,20,22)/b21-9-. The number of nitrogens with one attached hydrogen (secondary N) is 1. The average molecular weight is 437 g/mol. The van der Waals surface area contributed by atoms with Crippen molar-refractivity contribution in [3.05, 3.63) is 90.9 Å². The summed E-state index contributed by atoms with van der Waals surface area (Å²) in [6.45, 7) is 0. The molecule has 2 heterocycles. The Morgan fingerprint density at radius 2 is 1.74 bits per heavy atom. The maximum Gasteiger partial charge on any atom is 0.345 e. The number of thiazole rings is 1. The maximum atomic E-state index is 12.3. The smallest absolute Gasteiger partial charge is 0.345 e. The first-order chi connectivity index (χ1) is 14.9. The summed E-state index contributed by atoms with van der Waals surface area (Å²) in [6.07, 6.45) is 2.93. The molecule has 0 aliphatic heterocycles. The molecule has 12 heteroatoms. The molecule has 4 aromatic rings. The van der Waals surface area contributed by atoms with Gasteiger partial charge in [0.2, 0.25) is 5.13 Å². The number of aromatic nitrogens is 1. The molecule has 0 saturated heterocycles. The fourth-order valence-electron chi connectivity index (χ4n) is 2.69. The Hall–Kier alpha value is -4.45. The van der Waals surface area contributed by atoms with Crippen LogP contribution in [0.15, 0.2) is 69.0 Å². The van der Waals surface area contributed by atoms with Crippen molar-refractivity contribution >= 4 is 45.0 Å². The zero-order chi connectivity index (χ0) is 22.0. The van der Waals surface area contributed by atoms with Gasteiger partial charge in [0.05, 0.1) is 26.5 Å². The minimum absolute atomic E-state index is 0.0192. The van der Waals surface area contributed by atoms with Crippen LogP contribution in [0, 0.1) is 20.2 Å². The molecule has 0 radical (unpaired) electrons. The number of fused-ring (bicyclic) bond motifs is 1. The molecule has 1 N–H and O–H groups in total. The summed E-state index contributed by atoms with van der Waals surface area (Å²) >= 11 is 1.14. The van der Waals surface area contributed by atoms with Crippen LogP contribution in [-0.4, -0.2) is 21.0 Å². The van der Waals surface area contributed by atoms with Crippen LogP contribution in [0.5, 0.6) is 0 Å². The van der Waals surface area contributed by atoms with Gasteiger partial charge in [0.1, 0.15) is 5.58 Å². The molecule has 0 amide bonds. The number of non-ortho nitro benzene ring substituents is 2. The molecule has 0 fully saturated rings. The topological polar surface area (TPSA) is 154 Å². The Balaban J connectivity index is 1.54. The third kappa shape index (κ3) is 4.28. The monoisotopic (exact) mass is 437 g/mol. The molecular formula is C19H11N5O6S. The first kappa shape index (κ1) is 19.8. The second-order valence-electron chi connectivity index (χ2n) is 6.18. The SMILES string of the molecule is O=c1oc2ccc([N+](=O)[O-])cc2cc1-c1cnc(N/N=C\c2ccc([N+](=O)[O-])cc2)s1. The molecule has 0 saturated carbocycles. The molecule has 0 unspecified atom stereocenters. The van der Waals surface area contributed by atoms with Crippen molar-refractivity contribution in [2.45, 2.75) is 0 Å². The average Bonchev–Trinajstić information content (AvgIpc) is 3.22.